The molecule has 0 bridgehead atoms. The van der Waals surface area contributed by atoms with Gasteiger partial charge in [0.2, 0.25) is 0 Å². The van der Waals surface area contributed by atoms with Gasteiger partial charge in [-0.25, -0.2) is 0 Å². The SMILES string of the molecule is CCCCCCCCCCCCCCCCCCC(N)CCO. The van der Waals surface area contributed by atoms with Crippen molar-refractivity contribution in [2.24, 2.45) is 5.73 Å². The Labute approximate surface area is 146 Å². The third-order valence-electron chi connectivity index (χ3n) is 4.93. The fraction of sp³-hybridized carbons (Fsp3) is 1.00. The molecule has 0 spiro atoms. The molecule has 0 amide bonds. The molecule has 0 aliphatic carbocycles. The average Bonchev–Trinajstić information content (AvgIpc) is 2.54. The number of nitrogens with two attached hydrogens (primary N) is 1. The van der Waals surface area contributed by atoms with Crippen molar-refractivity contribution >= 4 is 0 Å². The van der Waals surface area contributed by atoms with E-state index in [0.29, 0.717) is 0 Å². The van der Waals surface area contributed by atoms with Crippen molar-refractivity contribution in [1.82, 2.24) is 0 Å². The van der Waals surface area contributed by atoms with Crippen LogP contribution in [0, 0.1) is 0 Å². The second-order valence-corrected chi connectivity index (χ2v) is 7.36. The topological polar surface area (TPSA) is 46.2 Å². The van der Waals surface area contributed by atoms with Gasteiger partial charge in [0.1, 0.15) is 0 Å². The second kappa shape index (κ2) is 20.0. The summed E-state index contributed by atoms with van der Waals surface area (Å²) < 4.78 is 0. The molecule has 0 aliphatic heterocycles. The first kappa shape index (κ1) is 22.9. The van der Waals surface area contributed by atoms with E-state index >= 15 is 0 Å². The maximum atomic E-state index is 8.79. The van der Waals surface area contributed by atoms with E-state index in [4.69, 9.17) is 10.8 Å². The smallest absolute Gasteiger partial charge is 0.0445 e. The van der Waals surface area contributed by atoms with E-state index in [2.05, 4.69) is 6.92 Å². The number of hydrogen-bond acceptors (Lipinski definition) is 2. The van der Waals surface area contributed by atoms with Crippen molar-refractivity contribution in [3.05, 3.63) is 0 Å². The highest BCUT2D eigenvalue weighted by molar-refractivity contribution is 4.60. The van der Waals surface area contributed by atoms with E-state index in [1.165, 1.54) is 103 Å². The number of hydrogen-bond donors (Lipinski definition) is 2. The van der Waals surface area contributed by atoms with Crippen LogP contribution in [-0.4, -0.2) is 17.8 Å². The molecule has 0 aromatic carbocycles. The zero-order chi connectivity index (χ0) is 17.0. The number of aliphatic hydroxyl groups is 1. The van der Waals surface area contributed by atoms with Crippen LogP contribution in [0.15, 0.2) is 0 Å². The maximum Gasteiger partial charge on any atom is 0.0445 e. The molecule has 0 aromatic rings. The van der Waals surface area contributed by atoms with Crippen molar-refractivity contribution in [3.8, 4) is 0 Å². The summed E-state index contributed by atoms with van der Waals surface area (Å²) >= 11 is 0. The molecule has 1 unspecified atom stereocenters. The summed E-state index contributed by atoms with van der Waals surface area (Å²) in [5, 5.41) is 8.79. The van der Waals surface area contributed by atoms with Gasteiger partial charge >= 0.3 is 0 Å². The molecule has 0 aromatic heterocycles. The molecule has 0 saturated heterocycles. The maximum absolute atomic E-state index is 8.79. The van der Waals surface area contributed by atoms with Crippen LogP contribution in [0.1, 0.15) is 122 Å². The van der Waals surface area contributed by atoms with Gasteiger partial charge in [-0.05, 0) is 12.8 Å². The Hall–Kier alpha value is -0.0800. The first-order valence-corrected chi connectivity index (χ1v) is 10.7. The van der Waals surface area contributed by atoms with Crippen molar-refractivity contribution in [1.29, 1.82) is 0 Å². The van der Waals surface area contributed by atoms with Gasteiger partial charge < -0.3 is 10.8 Å². The zero-order valence-corrected chi connectivity index (χ0v) is 16.0. The Morgan fingerprint density at radius 1 is 0.565 bits per heavy atom. The van der Waals surface area contributed by atoms with Crippen molar-refractivity contribution in [3.63, 3.8) is 0 Å². The van der Waals surface area contributed by atoms with Crippen LogP contribution in [0.25, 0.3) is 0 Å². The highest BCUT2D eigenvalue weighted by Gasteiger charge is 2.00. The first-order valence-electron chi connectivity index (χ1n) is 10.7. The van der Waals surface area contributed by atoms with Crippen LogP contribution in [0.2, 0.25) is 0 Å². The van der Waals surface area contributed by atoms with Gasteiger partial charge in [-0.15, -0.1) is 0 Å². The van der Waals surface area contributed by atoms with Crippen LogP contribution < -0.4 is 5.73 Å². The third kappa shape index (κ3) is 19.9. The van der Waals surface area contributed by atoms with Gasteiger partial charge in [0, 0.05) is 12.6 Å². The first-order chi connectivity index (χ1) is 11.3. The molecule has 140 valence electrons. The van der Waals surface area contributed by atoms with E-state index in [1.54, 1.807) is 0 Å². The summed E-state index contributed by atoms with van der Waals surface area (Å²) in [6, 6.07) is 0.214. The van der Waals surface area contributed by atoms with Crippen LogP contribution in [-0.2, 0) is 0 Å². The van der Waals surface area contributed by atoms with E-state index in [1.807, 2.05) is 0 Å². The minimum Gasteiger partial charge on any atom is -0.396 e. The molecule has 23 heavy (non-hydrogen) atoms. The summed E-state index contributed by atoms with van der Waals surface area (Å²) in [6.07, 6.45) is 24.4. The van der Waals surface area contributed by atoms with Gasteiger partial charge in [-0.2, -0.15) is 0 Å². The minimum absolute atomic E-state index is 0.214. The van der Waals surface area contributed by atoms with E-state index in [0.717, 1.165) is 12.8 Å². The zero-order valence-electron chi connectivity index (χ0n) is 16.0. The number of aliphatic hydroxyl groups excluding tert-OH is 1. The summed E-state index contributed by atoms with van der Waals surface area (Å²) in [7, 11) is 0. The van der Waals surface area contributed by atoms with E-state index in [9.17, 15) is 0 Å². The minimum atomic E-state index is 0.214. The lowest BCUT2D eigenvalue weighted by molar-refractivity contribution is 0.271. The standard InChI is InChI=1S/C21H45NO/c1-2-3-4-5-6-7-8-9-10-11-12-13-14-15-16-17-18-21(22)19-20-23/h21,23H,2-20,22H2,1H3. The second-order valence-electron chi connectivity index (χ2n) is 7.36. The lowest BCUT2D eigenvalue weighted by atomic mass is 10.0. The normalized spacial score (nSPS) is 12.7. The molecular formula is C21H45NO. The molecule has 0 fully saturated rings. The van der Waals surface area contributed by atoms with Crippen LogP contribution in [0.3, 0.4) is 0 Å². The fourth-order valence-electron chi connectivity index (χ4n) is 3.26. The molecule has 2 nitrogen and oxygen atoms in total. The van der Waals surface area contributed by atoms with Crippen molar-refractivity contribution in [2.75, 3.05) is 6.61 Å². The van der Waals surface area contributed by atoms with E-state index < -0.39 is 0 Å². The Balaban J connectivity index is 3.00. The summed E-state index contributed by atoms with van der Waals surface area (Å²) in [6.45, 7) is 2.52. The number of unbranched alkanes of at least 4 members (excludes halogenated alkanes) is 15. The van der Waals surface area contributed by atoms with Gasteiger partial charge in [-0.1, -0.05) is 110 Å². The lowest BCUT2D eigenvalue weighted by Crippen LogP contribution is -2.20. The lowest BCUT2D eigenvalue weighted by Gasteiger charge is -2.09. The molecule has 2 heteroatoms. The highest BCUT2D eigenvalue weighted by Crippen LogP contribution is 2.14. The van der Waals surface area contributed by atoms with Crippen molar-refractivity contribution < 1.29 is 5.11 Å². The molecule has 0 saturated carbocycles. The Bertz CT molecular complexity index is 208. The quantitative estimate of drug-likeness (QED) is 0.272. The fourth-order valence-corrected chi connectivity index (χ4v) is 3.26. The molecule has 0 aliphatic rings. The predicted molar refractivity (Wildman–Crippen MR) is 104 cm³/mol. The van der Waals surface area contributed by atoms with Gasteiger partial charge in [0.05, 0.1) is 0 Å². The molecule has 1 atom stereocenters. The van der Waals surface area contributed by atoms with Crippen LogP contribution in [0.5, 0.6) is 0 Å². The third-order valence-corrected chi connectivity index (χ3v) is 4.93. The Morgan fingerprint density at radius 2 is 0.913 bits per heavy atom. The molecular weight excluding hydrogens is 282 g/mol. The Kier molecular flexibility index (Phi) is 19.9. The van der Waals surface area contributed by atoms with Crippen LogP contribution in [0.4, 0.5) is 0 Å². The van der Waals surface area contributed by atoms with Gasteiger partial charge in [0.15, 0.2) is 0 Å². The molecule has 0 radical (unpaired) electrons. The van der Waals surface area contributed by atoms with Crippen LogP contribution >= 0.6 is 0 Å². The average molecular weight is 328 g/mol. The highest BCUT2D eigenvalue weighted by atomic mass is 16.3. The number of rotatable bonds is 19. The Morgan fingerprint density at radius 3 is 1.26 bits per heavy atom. The van der Waals surface area contributed by atoms with E-state index in [-0.39, 0.29) is 12.6 Å². The van der Waals surface area contributed by atoms with Crippen molar-refractivity contribution in [2.45, 2.75) is 129 Å². The monoisotopic (exact) mass is 327 g/mol. The summed E-state index contributed by atoms with van der Waals surface area (Å²) in [5.74, 6) is 0. The largest absolute Gasteiger partial charge is 0.396 e. The van der Waals surface area contributed by atoms with Gasteiger partial charge in [-0.3, -0.25) is 0 Å². The summed E-state index contributed by atoms with van der Waals surface area (Å²) in [4.78, 5) is 0. The van der Waals surface area contributed by atoms with Gasteiger partial charge in [0.25, 0.3) is 0 Å². The molecule has 0 rings (SSSR count). The molecule has 0 heterocycles. The summed E-state index contributed by atoms with van der Waals surface area (Å²) in [5.41, 5.74) is 5.88. The molecule has 3 N–H and O–H groups in total. The predicted octanol–water partition coefficient (Wildman–Crippen LogP) is 6.35.